The average Bonchev–Trinajstić information content (AvgIpc) is 3.35. The maximum Gasteiger partial charge on any atom is 0.328 e. The number of nitrogens with zero attached hydrogens (tertiary/aromatic N) is 2. The predicted molar refractivity (Wildman–Crippen MR) is 117 cm³/mol. The van der Waals surface area contributed by atoms with E-state index in [0.717, 1.165) is 47.0 Å². The molecule has 4 aliphatic rings. The van der Waals surface area contributed by atoms with Gasteiger partial charge in [0.2, 0.25) is 0 Å². The molecule has 12 nitrogen and oxygen atoms in total. The lowest BCUT2D eigenvalue weighted by Crippen LogP contribution is -2.51. The number of barbiturate groups is 2. The molecule has 0 radical (unpaired) electrons. The Balaban J connectivity index is 1.63. The summed E-state index contributed by atoms with van der Waals surface area (Å²) in [7, 11) is 0. The zero-order valence-electron chi connectivity index (χ0n) is 16.0. The van der Waals surface area contributed by atoms with E-state index >= 15 is 0 Å². The van der Waals surface area contributed by atoms with Crippen LogP contribution >= 0.6 is 47.0 Å². The van der Waals surface area contributed by atoms with E-state index in [4.69, 9.17) is 0 Å². The number of hydrogen-bond acceptors (Lipinski definition) is 12. The number of nitriles is 2. The van der Waals surface area contributed by atoms with Gasteiger partial charge in [0.05, 0.1) is 19.6 Å². The highest BCUT2D eigenvalue weighted by atomic mass is 32.2. The second kappa shape index (κ2) is 7.96. The molecule has 0 aliphatic carbocycles. The molecule has 16 heteroatoms. The van der Waals surface area contributed by atoms with E-state index in [2.05, 4.69) is 12.1 Å². The fraction of sp³-hybridized carbons (Fsp3) is 0. The van der Waals surface area contributed by atoms with Gasteiger partial charge in [0.1, 0.15) is 23.3 Å². The average molecular weight is 529 g/mol. The first-order chi connectivity index (χ1) is 16.2. The second-order valence-electron chi connectivity index (χ2n) is 6.50. The molecule has 1 aromatic rings. The summed E-state index contributed by atoms with van der Waals surface area (Å²) in [5.74, 6) is -3.61. The third-order valence-electron chi connectivity index (χ3n) is 4.55. The molecule has 0 saturated carbocycles. The Kier molecular flexibility index (Phi) is 5.18. The molecular formula is C18H4N6O6S4. The molecule has 4 heterocycles. The minimum absolute atomic E-state index is 0.130. The first-order valence-corrected chi connectivity index (χ1v) is 12.1. The first-order valence-electron chi connectivity index (χ1n) is 8.80. The number of hydrogen-bond donors (Lipinski definition) is 4. The summed E-state index contributed by atoms with van der Waals surface area (Å²) in [4.78, 5) is 73.0. The molecule has 0 spiro atoms. The monoisotopic (exact) mass is 528 g/mol. The third kappa shape index (κ3) is 3.27. The van der Waals surface area contributed by atoms with Crippen molar-refractivity contribution in [3.8, 4) is 12.1 Å². The van der Waals surface area contributed by atoms with Crippen LogP contribution in [0.5, 0.6) is 0 Å². The second-order valence-corrected chi connectivity index (χ2v) is 11.1. The van der Waals surface area contributed by atoms with Crippen molar-refractivity contribution in [1.29, 1.82) is 10.5 Å². The van der Waals surface area contributed by atoms with Gasteiger partial charge in [-0.3, -0.25) is 40.4 Å². The van der Waals surface area contributed by atoms with Gasteiger partial charge < -0.3 is 0 Å². The van der Waals surface area contributed by atoms with Crippen molar-refractivity contribution in [2.75, 3.05) is 0 Å². The molecule has 8 amide bonds. The summed E-state index contributed by atoms with van der Waals surface area (Å²) in [6, 6.07) is 2.20. The Bertz CT molecular complexity index is 1300. The number of benzene rings is 1. The van der Waals surface area contributed by atoms with Crippen molar-refractivity contribution in [1.82, 2.24) is 21.3 Å². The zero-order valence-corrected chi connectivity index (χ0v) is 19.2. The Hall–Kier alpha value is -3.70. The number of carbonyl (C=O) groups excluding carboxylic acids is 6. The fourth-order valence-corrected chi connectivity index (χ4v) is 8.80. The molecule has 5 rings (SSSR count). The lowest BCUT2D eigenvalue weighted by molar-refractivity contribution is -0.125. The van der Waals surface area contributed by atoms with Crippen LogP contribution in [0.4, 0.5) is 9.59 Å². The predicted octanol–water partition coefficient (Wildman–Crippen LogP) is 0.981. The summed E-state index contributed by atoms with van der Waals surface area (Å²) in [5.41, 5.74) is -0.375. The van der Waals surface area contributed by atoms with E-state index < -0.39 is 35.7 Å². The van der Waals surface area contributed by atoms with E-state index in [1.807, 2.05) is 21.3 Å². The Labute approximate surface area is 205 Å². The Morgan fingerprint density at radius 2 is 0.765 bits per heavy atom. The molecule has 34 heavy (non-hydrogen) atoms. The lowest BCUT2D eigenvalue weighted by Gasteiger charge is -2.15. The van der Waals surface area contributed by atoms with E-state index in [1.165, 1.54) is 0 Å². The molecule has 2 fully saturated rings. The smallest absolute Gasteiger partial charge is 0.273 e. The van der Waals surface area contributed by atoms with E-state index in [0.29, 0.717) is 19.6 Å². The number of thioether (sulfide) groups is 4. The molecule has 4 aliphatic heterocycles. The normalized spacial score (nSPS) is 19.1. The van der Waals surface area contributed by atoms with Gasteiger partial charge in [0.25, 0.3) is 23.6 Å². The van der Waals surface area contributed by atoms with Crippen molar-refractivity contribution in [3.05, 3.63) is 30.7 Å². The van der Waals surface area contributed by atoms with Crippen LogP contribution in [0.3, 0.4) is 0 Å². The van der Waals surface area contributed by atoms with E-state index in [9.17, 15) is 39.3 Å². The van der Waals surface area contributed by atoms with Crippen LogP contribution in [0.2, 0.25) is 0 Å². The molecule has 0 bridgehead atoms. The highest BCUT2D eigenvalue weighted by molar-refractivity contribution is 8.25. The molecule has 4 N–H and O–H groups in total. The number of imide groups is 4. The summed E-state index contributed by atoms with van der Waals surface area (Å²) in [5, 5.41) is 27.7. The molecular weight excluding hydrogens is 525 g/mol. The SMILES string of the molecule is N#Cc1c2c(c(C#N)c3c1SC(=C1C(=O)NC(=O)NC1=O)S3)SC(=C1C(=O)NC(=O)NC1=O)S2. The minimum Gasteiger partial charge on any atom is -0.273 e. The molecule has 0 aromatic heterocycles. The highest BCUT2D eigenvalue weighted by Crippen LogP contribution is 2.63. The van der Waals surface area contributed by atoms with Gasteiger partial charge in [-0.1, -0.05) is 47.0 Å². The van der Waals surface area contributed by atoms with Gasteiger partial charge in [-0.05, 0) is 0 Å². The van der Waals surface area contributed by atoms with E-state index in [-0.39, 0.29) is 30.7 Å². The van der Waals surface area contributed by atoms with Crippen molar-refractivity contribution in [2.24, 2.45) is 0 Å². The number of fused-ring (bicyclic) bond motifs is 2. The summed E-state index contributed by atoms with van der Waals surface area (Å²) >= 11 is 3.72. The fourth-order valence-electron chi connectivity index (χ4n) is 3.17. The van der Waals surface area contributed by atoms with Crippen molar-refractivity contribution in [2.45, 2.75) is 19.6 Å². The summed E-state index contributed by atoms with van der Waals surface area (Å²) in [6.07, 6.45) is 0. The van der Waals surface area contributed by atoms with Gasteiger partial charge in [0, 0.05) is 19.6 Å². The number of amides is 8. The van der Waals surface area contributed by atoms with Crippen LogP contribution in [0.1, 0.15) is 11.1 Å². The van der Waals surface area contributed by atoms with Crippen LogP contribution in [0, 0.1) is 22.7 Å². The zero-order chi connectivity index (χ0) is 24.3. The Morgan fingerprint density at radius 1 is 0.500 bits per heavy atom. The topological polar surface area (TPSA) is 198 Å². The maximum absolute atomic E-state index is 12.2. The quantitative estimate of drug-likeness (QED) is 0.275. The van der Waals surface area contributed by atoms with Crippen molar-refractivity contribution >= 4 is 82.7 Å². The highest BCUT2D eigenvalue weighted by Gasteiger charge is 2.41. The van der Waals surface area contributed by atoms with Crippen molar-refractivity contribution < 1.29 is 28.8 Å². The minimum atomic E-state index is -0.954. The maximum atomic E-state index is 12.2. The van der Waals surface area contributed by atoms with Gasteiger partial charge in [-0.25, -0.2) is 9.59 Å². The molecule has 0 unspecified atom stereocenters. The Morgan fingerprint density at radius 3 is 1.00 bits per heavy atom. The van der Waals surface area contributed by atoms with Crippen LogP contribution in [-0.4, -0.2) is 35.7 Å². The van der Waals surface area contributed by atoms with Crippen LogP contribution < -0.4 is 21.3 Å². The van der Waals surface area contributed by atoms with Gasteiger partial charge in [-0.15, -0.1) is 0 Å². The number of nitrogens with one attached hydrogen (secondary N) is 4. The summed E-state index contributed by atoms with van der Waals surface area (Å²) < 4.78 is 0.375. The van der Waals surface area contributed by atoms with Gasteiger partial charge in [-0.2, -0.15) is 10.5 Å². The number of carbonyl (C=O) groups is 6. The molecule has 2 saturated heterocycles. The first kappa shape index (κ1) is 22.1. The number of urea groups is 2. The van der Waals surface area contributed by atoms with Gasteiger partial charge >= 0.3 is 12.1 Å². The summed E-state index contributed by atoms with van der Waals surface area (Å²) in [6.45, 7) is 0. The molecule has 1 aromatic carbocycles. The largest absolute Gasteiger partial charge is 0.328 e. The number of rotatable bonds is 0. The van der Waals surface area contributed by atoms with E-state index in [1.54, 1.807) is 0 Å². The molecule has 0 atom stereocenters. The van der Waals surface area contributed by atoms with Crippen molar-refractivity contribution in [3.63, 3.8) is 0 Å². The van der Waals surface area contributed by atoms with Crippen LogP contribution in [0.25, 0.3) is 0 Å². The van der Waals surface area contributed by atoms with Gasteiger partial charge in [0.15, 0.2) is 0 Å². The van der Waals surface area contributed by atoms with Crippen LogP contribution in [-0.2, 0) is 19.2 Å². The standard InChI is InChI=1S/C18H4N6O6S4/c19-1-3-7-9(33-15(31-7)5-11(25)21-17(29)22-12(5)26)4(2-20)10-8(3)32-16(34-10)6-13(27)23-18(30)24-14(6)28/h(H2,21,22,25,26,29)(H2,23,24,27,28,30). The molecule has 166 valence electrons. The van der Waals surface area contributed by atoms with Crippen LogP contribution in [0.15, 0.2) is 39.2 Å². The third-order valence-corrected chi connectivity index (χ3v) is 9.81. The lowest BCUT2D eigenvalue weighted by atomic mass is 10.1.